The largest absolute Gasteiger partial charge is 0.424 e. The first kappa shape index (κ1) is 14.3. The van der Waals surface area contributed by atoms with Crippen molar-refractivity contribution < 1.29 is 12.8 Å². The summed E-state index contributed by atoms with van der Waals surface area (Å²) in [7, 11) is -3.75. The van der Waals surface area contributed by atoms with Crippen molar-refractivity contribution in [2.75, 3.05) is 0 Å². The zero-order valence-electron chi connectivity index (χ0n) is 11.3. The average molecular weight is 316 g/mol. The van der Waals surface area contributed by atoms with Crippen molar-refractivity contribution in [2.24, 2.45) is 5.14 Å². The molecule has 0 unspecified atom stereocenters. The highest BCUT2D eigenvalue weighted by Gasteiger charge is 2.12. The quantitative estimate of drug-likeness (QED) is 0.796. The van der Waals surface area contributed by atoms with Crippen molar-refractivity contribution in [3.8, 4) is 17.0 Å². The summed E-state index contributed by atoms with van der Waals surface area (Å²) in [5, 5.41) is 5.04. The van der Waals surface area contributed by atoms with Crippen molar-refractivity contribution in [1.29, 1.82) is 0 Å². The molecule has 3 rings (SSSR count). The molecular formula is C15H12N2O4S. The van der Waals surface area contributed by atoms with Gasteiger partial charge in [-0.05, 0) is 36.4 Å². The Balaban J connectivity index is 2.02. The van der Waals surface area contributed by atoms with Crippen LogP contribution in [0.5, 0.6) is 0 Å². The number of primary sulfonamides is 1. The Morgan fingerprint density at radius 1 is 0.955 bits per heavy atom. The Kier molecular flexibility index (Phi) is 3.44. The molecule has 6 nitrogen and oxygen atoms in total. The summed E-state index contributed by atoms with van der Waals surface area (Å²) < 4.78 is 29.0. The molecule has 22 heavy (non-hydrogen) atoms. The lowest BCUT2D eigenvalue weighted by Gasteiger charge is -1.99. The van der Waals surface area contributed by atoms with Gasteiger partial charge in [-0.25, -0.2) is 22.9 Å². The van der Waals surface area contributed by atoms with E-state index in [1.807, 2.05) is 18.2 Å². The van der Waals surface area contributed by atoms with Crippen LogP contribution in [-0.2, 0) is 10.0 Å². The summed E-state index contributed by atoms with van der Waals surface area (Å²) in [6.07, 6.45) is 1.56. The van der Waals surface area contributed by atoms with E-state index in [2.05, 4.69) is 0 Å². The van der Waals surface area contributed by atoms with Gasteiger partial charge in [-0.1, -0.05) is 18.2 Å². The van der Waals surface area contributed by atoms with Gasteiger partial charge in [0, 0.05) is 5.56 Å². The van der Waals surface area contributed by atoms with Gasteiger partial charge in [0.1, 0.15) is 0 Å². The van der Waals surface area contributed by atoms with E-state index in [0.717, 1.165) is 0 Å². The number of rotatable bonds is 3. The fourth-order valence-electron chi connectivity index (χ4n) is 2.05. The van der Waals surface area contributed by atoms with Crippen molar-refractivity contribution in [3.05, 3.63) is 71.3 Å². The van der Waals surface area contributed by atoms with Crippen molar-refractivity contribution in [2.45, 2.75) is 4.90 Å². The fourth-order valence-corrected chi connectivity index (χ4v) is 2.57. The maximum Gasteiger partial charge on any atom is 0.424 e. The second kappa shape index (κ2) is 5.28. The van der Waals surface area contributed by atoms with Gasteiger partial charge in [0.25, 0.3) is 0 Å². The number of sulfonamides is 1. The molecule has 2 N–H and O–H groups in total. The van der Waals surface area contributed by atoms with Crippen molar-refractivity contribution in [1.82, 2.24) is 4.57 Å². The number of benzene rings is 2. The van der Waals surface area contributed by atoms with E-state index >= 15 is 0 Å². The van der Waals surface area contributed by atoms with Crippen LogP contribution >= 0.6 is 0 Å². The summed E-state index contributed by atoms with van der Waals surface area (Å²) in [5.74, 6) is -0.174. The van der Waals surface area contributed by atoms with Crippen LogP contribution in [0.15, 0.2) is 74.9 Å². The summed E-state index contributed by atoms with van der Waals surface area (Å²) >= 11 is 0. The Morgan fingerprint density at radius 3 is 2.18 bits per heavy atom. The van der Waals surface area contributed by atoms with Gasteiger partial charge in [-0.15, -0.1) is 0 Å². The first-order valence-corrected chi connectivity index (χ1v) is 7.91. The number of nitrogens with zero attached hydrogens (tertiary/aromatic N) is 1. The molecule has 0 saturated heterocycles. The minimum absolute atomic E-state index is 0.00101. The number of hydrogen-bond acceptors (Lipinski definition) is 4. The van der Waals surface area contributed by atoms with E-state index in [0.29, 0.717) is 17.0 Å². The Bertz CT molecular complexity index is 955. The molecule has 0 saturated carbocycles. The van der Waals surface area contributed by atoms with Crippen LogP contribution in [0.2, 0.25) is 0 Å². The lowest BCUT2D eigenvalue weighted by atomic mass is 10.2. The molecule has 0 atom stereocenters. The van der Waals surface area contributed by atoms with Gasteiger partial charge < -0.3 is 4.42 Å². The maximum absolute atomic E-state index is 11.9. The number of para-hydroxylation sites is 1. The third-order valence-corrected chi connectivity index (χ3v) is 4.07. The van der Waals surface area contributed by atoms with E-state index < -0.39 is 15.8 Å². The van der Waals surface area contributed by atoms with Crippen LogP contribution < -0.4 is 10.9 Å². The Morgan fingerprint density at radius 2 is 1.59 bits per heavy atom. The average Bonchev–Trinajstić information content (AvgIpc) is 2.89. The molecule has 7 heteroatoms. The zero-order chi connectivity index (χ0) is 15.7. The summed E-state index contributed by atoms with van der Waals surface area (Å²) in [5.41, 5.74) is 1.27. The van der Waals surface area contributed by atoms with Gasteiger partial charge in [0.15, 0.2) is 5.76 Å². The number of hydrogen-bond donors (Lipinski definition) is 1. The van der Waals surface area contributed by atoms with Crippen LogP contribution in [0.3, 0.4) is 0 Å². The first-order chi connectivity index (χ1) is 10.4. The van der Waals surface area contributed by atoms with Gasteiger partial charge in [0.2, 0.25) is 10.0 Å². The highest BCUT2D eigenvalue weighted by molar-refractivity contribution is 7.89. The van der Waals surface area contributed by atoms with E-state index in [1.165, 1.54) is 28.8 Å². The lowest BCUT2D eigenvalue weighted by Crippen LogP contribution is -2.11. The second-order valence-corrected chi connectivity index (χ2v) is 6.20. The van der Waals surface area contributed by atoms with Crippen LogP contribution in [0, 0.1) is 0 Å². The van der Waals surface area contributed by atoms with Crippen LogP contribution in [0.25, 0.3) is 17.0 Å². The van der Waals surface area contributed by atoms with Crippen LogP contribution in [-0.4, -0.2) is 13.0 Å². The zero-order valence-corrected chi connectivity index (χ0v) is 12.2. The molecular weight excluding hydrogens is 304 g/mol. The summed E-state index contributed by atoms with van der Waals surface area (Å²) in [4.78, 5) is 11.9. The molecule has 0 spiro atoms. The normalized spacial score (nSPS) is 11.5. The Labute approximate surface area is 126 Å². The monoisotopic (exact) mass is 316 g/mol. The smallest absolute Gasteiger partial charge is 0.407 e. The Hall–Kier alpha value is -2.64. The molecule has 1 heterocycles. The minimum atomic E-state index is -3.75. The van der Waals surface area contributed by atoms with Crippen LogP contribution in [0.4, 0.5) is 0 Å². The molecule has 1 aromatic heterocycles. The van der Waals surface area contributed by atoms with E-state index in [4.69, 9.17) is 9.56 Å². The first-order valence-electron chi connectivity index (χ1n) is 6.36. The SMILES string of the molecule is NS(=O)(=O)c1ccc(-c2cn(-c3ccccc3)c(=O)o2)cc1. The van der Waals surface area contributed by atoms with Gasteiger partial charge in [0.05, 0.1) is 16.8 Å². The van der Waals surface area contributed by atoms with Crippen LogP contribution in [0.1, 0.15) is 0 Å². The molecule has 112 valence electrons. The number of nitrogens with two attached hydrogens (primary N) is 1. The molecule has 0 aliphatic heterocycles. The standard InChI is InChI=1S/C15H12N2O4S/c16-22(19,20)13-8-6-11(7-9-13)14-10-17(15(18)21-14)12-4-2-1-3-5-12/h1-10H,(H2,16,19,20). The molecule has 0 aliphatic carbocycles. The topological polar surface area (TPSA) is 95.3 Å². The van der Waals surface area contributed by atoms with Crippen molar-refractivity contribution >= 4 is 10.0 Å². The third-order valence-electron chi connectivity index (χ3n) is 3.14. The third kappa shape index (κ3) is 2.72. The van der Waals surface area contributed by atoms with Crippen molar-refractivity contribution in [3.63, 3.8) is 0 Å². The van der Waals surface area contributed by atoms with E-state index in [1.54, 1.807) is 18.3 Å². The summed E-state index contributed by atoms with van der Waals surface area (Å²) in [6.45, 7) is 0. The molecule has 0 fully saturated rings. The molecule has 0 radical (unpaired) electrons. The maximum atomic E-state index is 11.9. The number of oxazole rings is 1. The molecule has 0 bridgehead atoms. The highest BCUT2D eigenvalue weighted by atomic mass is 32.2. The van der Waals surface area contributed by atoms with Gasteiger partial charge in [-0.2, -0.15) is 0 Å². The highest BCUT2D eigenvalue weighted by Crippen LogP contribution is 2.21. The molecule has 3 aromatic rings. The second-order valence-electron chi connectivity index (χ2n) is 4.64. The van der Waals surface area contributed by atoms with Gasteiger partial charge >= 0.3 is 5.76 Å². The molecule has 2 aromatic carbocycles. The lowest BCUT2D eigenvalue weighted by molar-refractivity contribution is 0.516. The summed E-state index contributed by atoms with van der Waals surface area (Å²) in [6, 6.07) is 14.8. The predicted molar refractivity (Wildman–Crippen MR) is 81.1 cm³/mol. The van der Waals surface area contributed by atoms with Gasteiger partial charge in [-0.3, -0.25) is 0 Å². The van der Waals surface area contributed by atoms with E-state index in [-0.39, 0.29) is 4.90 Å². The minimum Gasteiger partial charge on any atom is -0.407 e. The predicted octanol–water partition coefficient (Wildman–Crippen LogP) is 1.74. The number of aromatic nitrogens is 1. The molecule has 0 aliphatic rings. The fraction of sp³-hybridized carbons (Fsp3) is 0. The molecule has 0 amide bonds. The van der Waals surface area contributed by atoms with E-state index in [9.17, 15) is 13.2 Å².